The molecule has 0 saturated heterocycles. The first-order chi connectivity index (χ1) is 12.2. The number of hydrogen-bond donors (Lipinski definition) is 0. The van der Waals surface area contributed by atoms with Crippen molar-refractivity contribution in [2.45, 2.75) is 11.8 Å². The van der Waals surface area contributed by atoms with Gasteiger partial charge in [0, 0.05) is 17.6 Å². The molecule has 4 rings (SSSR count). The van der Waals surface area contributed by atoms with Crippen LogP contribution in [-0.2, 0) is 16.1 Å². The number of para-hydroxylation sites is 2. The molecule has 0 unspecified atom stereocenters. The Kier molecular flexibility index (Phi) is 4.24. The number of nitrogens with zero attached hydrogens (tertiary/aromatic N) is 3. The van der Waals surface area contributed by atoms with Gasteiger partial charge in [-0.2, -0.15) is 0 Å². The van der Waals surface area contributed by atoms with Gasteiger partial charge in [0.2, 0.25) is 0 Å². The molecule has 7 nitrogen and oxygen atoms in total. The molecular formula is C16H11N3O4S2. The molecule has 9 heteroatoms. The second-order valence-electron chi connectivity index (χ2n) is 5.04. The summed E-state index contributed by atoms with van der Waals surface area (Å²) >= 11 is 2.51. The zero-order valence-corrected chi connectivity index (χ0v) is 14.4. The summed E-state index contributed by atoms with van der Waals surface area (Å²) in [4.78, 5) is 32.9. The highest BCUT2D eigenvalue weighted by atomic mass is 32.2. The number of ether oxygens (including phenoxy) is 1. The standard InChI is InChI=1S/C16H11N3O4S2/c20-13-7-10(17-15-19(13)5-6-24-15)8-22-14(21)9-25-16-18-11-3-1-2-4-12(11)23-16/h1-7H,8-9H2. The van der Waals surface area contributed by atoms with E-state index >= 15 is 0 Å². The summed E-state index contributed by atoms with van der Waals surface area (Å²) in [5.74, 6) is -0.368. The van der Waals surface area contributed by atoms with Crippen LogP contribution in [0.5, 0.6) is 0 Å². The number of oxazole rings is 1. The molecule has 0 saturated carbocycles. The van der Waals surface area contributed by atoms with Gasteiger partial charge in [-0.25, -0.2) is 9.97 Å². The quantitative estimate of drug-likeness (QED) is 0.393. The minimum absolute atomic E-state index is 0.0450. The van der Waals surface area contributed by atoms with Crippen LogP contribution in [0.2, 0.25) is 0 Å². The monoisotopic (exact) mass is 373 g/mol. The topological polar surface area (TPSA) is 86.7 Å². The van der Waals surface area contributed by atoms with Crippen LogP contribution in [-0.4, -0.2) is 26.1 Å². The van der Waals surface area contributed by atoms with Crippen molar-refractivity contribution in [3.63, 3.8) is 0 Å². The Bertz CT molecular complexity index is 1080. The van der Waals surface area contributed by atoms with Crippen LogP contribution in [0.15, 0.2) is 56.3 Å². The molecule has 0 radical (unpaired) electrons. The lowest BCUT2D eigenvalue weighted by molar-refractivity contribution is -0.141. The largest absolute Gasteiger partial charge is 0.459 e. The van der Waals surface area contributed by atoms with E-state index in [-0.39, 0.29) is 17.9 Å². The van der Waals surface area contributed by atoms with E-state index in [4.69, 9.17) is 9.15 Å². The van der Waals surface area contributed by atoms with E-state index in [2.05, 4.69) is 9.97 Å². The minimum atomic E-state index is -0.430. The number of aromatic nitrogens is 3. The van der Waals surface area contributed by atoms with Crippen LogP contribution in [0, 0.1) is 0 Å². The summed E-state index contributed by atoms with van der Waals surface area (Å²) in [7, 11) is 0. The van der Waals surface area contributed by atoms with Crippen LogP contribution in [0.4, 0.5) is 0 Å². The third-order valence-corrected chi connectivity index (χ3v) is 4.88. The van der Waals surface area contributed by atoms with Gasteiger partial charge in [-0.1, -0.05) is 23.9 Å². The lowest BCUT2D eigenvalue weighted by Crippen LogP contribution is -2.15. The van der Waals surface area contributed by atoms with Crippen molar-refractivity contribution in [2.24, 2.45) is 0 Å². The Morgan fingerprint density at radius 2 is 2.20 bits per heavy atom. The molecule has 0 N–H and O–H groups in total. The lowest BCUT2D eigenvalue weighted by atomic mass is 10.3. The third kappa shape index (κ3) is 3.42. The maximum atomic E-state index is 11.9. The fraction of sp³-hybridized carbons (Fsp3) is 0.125. The van der Waals surface area contributed by atoms with Gasteiger partial charge in [0.1, 0.15) is 17.9 Å². The maximum Gasteiger partial charge on any atom is 0.316 e. The zero-order valence-electron chi connectivity index (χ0n) is 12.7. The molecular weight excluding hydrogens is 362 g/mol. The predicted molar refractivity (Wildman–Crippen MR) is 93.9 cm³/mol. The lowest BCUT2D eigenvalue weighted by Gasteiger charge is -2.03. The zero-order chi connectivity index (χ0) is 17.2. The van der Waals surface area contributed by atoms with Gasteiger partial charge in [-0.3, -0.25) is 14.0 Å². The van der Waals surface area contributed by atoms with Gasteiger partial charge in [0.05, 0.1) is 5.69 Å². The number of hydrogen-bond acceptors (Lipinski definition) is 8. The first-order valence-electron chi connectivity index (χ1n) is 7.29. The predicted octanol–water partition coefficient (Wildman–Crippen LogP) is 2.73. The fourth-order valence-corrected chi connectivity index (χ4v) is 3.57. The molecule has 126 valence electrons. The Hall–Kier alpha value is -2.65. The van der Waals surface area contributed by atoms with Gasteiger partial charge < -0.3 is 9.15 Å². The SMILES string of the molecule is O=C(CSc1nc2ccccc2o1)OCc1cc(=O)n2ccsc2n1. The van der Waals surface area contributed by atoms with E-state index in [9.17, 15) is 9.59 Å². The third-order valence-electron chi connectivity index (χ3n) is 3.33. The van der Waals surface area contributed by atoms with Crippen molar-refractivity contribution in [3.8, 4) is 0 Å². The molecule has 0 bridgehead atoms. The number of carbonyl (C=O) groups excluding carboxylic acids is 1. The highest BCUT2D eigenvalue weighted by molar-refractivity contribution is 7.99. The molecule has 0 aliphatic heterocycles. The summed E-state index contributed by atoms with van der Waals surface area (Å²) in [6.45, 7) is -0.0450. The molecule has 0 aliphatic rings. The summed E-state index contributed by atoms with van der Waals surface area (Å²) in [5, 5.41) is 2.19. The van der Waals surface area contributed by atoms with E-state index in [1.54, 1.807) is 11.6 Å². The second-order valence-corrected chi connectivity index (χ2v) is 6.84. The normalized spacial score (nSPS) is 11.2. The van der Waals surface area contributed by atoms with Crippen LogP contribution in [0.25, 0.3) is 16.1 Å². The first kappa shape index (κ1) is 15.9. The molecule has 0 spiro atoms. The molecule has 4 aromatic rings. The summed E-state index contributed by atoms with van der Waals surface area (Å²) in [6.07, 6.45) is 1.65. The van der Waals surface area contributed by atoms with Crippen molar-refractivity contribution in [1.82, 2.24) is 14.4 Å². The molecule has 25 heavy (non-hydrogen) atoms. The van der Waals surface area contributed by atoms with Gasteiger partial charge in [0.15, 0.2) is 10.5 Å². The Morgan fingerprint density at radius 1 is 1.32 bits per heavy atom. The van der Waals surface area contributed by atoms with Crippen LogP contribution in [0.1, 0.15) is 5.69 Å². The molecule has 0 fully saturated rings. The fourth-order valence-electron chi connectivity index (χ4n) is 2.19. The van der Waals surface area contributed by atoms with Gasteiger partial charge in [-0.15, -0.1) is 11.3 Å². The van der Waals surface area contributed by atoms with E-state index in [0.29, 0.717) is 21.5 Å². The van der Waals surface area contributed by atoms with Crippen molar-refractivity contribution in [2.75, 3.05) is 5.75 Å². The first-order valence-corrected chi connectivity index (χ1v) is 9.15. The van der Waals surface area contributed by atoms with E-state index < -0.39 is 5.97 Å². The Labute approximate surface area is 149 Å². The summed E-state index contributed by atoms with van der Waals surface area (Å²) < 4.78 is 12.1. The number of carbonyl (C=O) groups is 1. The molecule has 1 aromatic carbocycles. The Balaban J connectivity index is 1.36. The number of thioether (sulfide) groups is 1. The minimum Gasteiger partial charge on any atom is -0.459 e. The van der Waals surface area contributed by atoms with Crippen molar-refractivity contribution >= 4 is 45.1 Å². The highest BCUT2D eigenvalue weighted by Gasteiger charge is 2.11. The Morgan fingerprint density at radius 3 is 3.08 bits per heavy atom. The summed E-state index contributed by atoms with van der Waals surface area (Å²) in [5.41, 5.74) is 1.64. The van der Waals surface area contributed by atoms with Crippen molar-refractivity contribution in [1.29, 1.82) is 0 Å². The maximum absolute atomic E-state index is 11.9. The van der Waals surface area contributed by atoms with Gasteiger partial charge in [0.25, 0.3) is 10.8 Å². The average molecular weight is 373 g/mol. The van der Waals surface area contributed by atoms with Gasteiger partial charge >= 0.3 is 5.97 Å². The molecule has 0 amide bonds. The number of benzene rings is 1. The van der Waals surface area contributed by atoms with Crippen molar-refractivity contribution in [3.05, 3.63) is 58.0 Å². The van der Waals surface area contributed by atoms with Crippen LogP contribution >= 0.6 is 23.1 Å². The van der Waals surface area contributed by atoms with E-state index in [1.807, 2.05) is 24.3 Å². The van der Waals surface area contributed by atoms with Crippen LogP contribution < -0.4 is 5.56 Å². The highest BCUT2D eigenvalue weighted by Crippen LogP contribution is 2.23. The average Bonchev–Trinajstić information content (AvgIpc) is 3.24. The van der Waals surface area contributed by atoms with E-state index in [1.165, 1.54) is 21.8 Å². The molecule has 3 heterocycles. The number of thiazole rings is 1. The molecule has 0 aliphatic carbocycles. The smallest absolute Gasteiger partial charge is 0.316 e. The van der Waals surface area contributed by atoms with Crippen LogP contribution in [0.3, 0.4) is 0 Å². The van der Waals surface area contributed by atoms with Gasteiger partial charge in [-0.05, 0) is 12.1 Å². The number of fused-ring (bicyclic) bond motifs is 2. The van der Waals surface area contributed by atoms with Crippen molar-refractivity contribution < 1.29 is 13.9 Å². The van der Waals surface area contributed by atoms with E-state index in [0.717, 1.165) is 17.3 Å². The second kappa shape index (κ2) is 6.69. The summed E-state index contributed by atoms with van der Waals surface area (Å²) in [6, 6.07) is 8.74. The number of esters is 1. The molecule has 3 aromatic heterocycles. The number of rotatable bonds is 5. The molecule has 0 atom stereocenters.